The third kappa shape index (κ3) is 3.19. The predicted molar refractivity (Wildman–Crippen MR) is 83.8 cm³/mol. The van der Waals surface area contributed by atoms with Crippen molar-refractivity contribution in [1.29, 1.82) is 0 Å². The minimum Gasteiger partial charge on any atom is -0.364 e. The van der Waals surface area contributed by atoms with Crippen LogP contribution in [0, 0.1) is 5.41 Å². The number of nitrogens with zero attached hydrogens (tertiary/aromatic N) is 1. The molecule has 0 bridgehead atoms. The lowest BCUT2D eigenvalue weighted by Gasteiger charge is -2.31. The van der Waals surface area contributed by atoms with Crippen molar-refractivity contribution in [3.63, 3.8) is 0 Å². The second kappa shape index (κ2) is 6.08. The lowest BCUT2D eigenvalue weighted by atomic mass is 9.89. The molecule has 1 saturated heterocycles. The molecule has 2 nitrogen and oxygen atoms in total. The summed E-state index contributed by atoms with van der Waals surface area (Å²) < 4.78 is 0. The summed E-state index contributed by atoms with van der Waals surface area (Å²) in [7, 11) is 0. The summed E-state index contributed by atoms with van der Waals surface area (Å²) in [4.78, 5) is 4.81. The Balaban J connectivity index is 1.45. The van der Waals surface area contributed by atoms with E-state index in [0.717, 1.165) is 18.3 Å². The smallest absolute Gasteiger partial charge is 0.156 e. The molecule has 1 aliphatic carbocycles. The molecule has 0 aromatic rings. The summed E-state index contributed by atoms with van der Waals surface area (Å²) in [6.07, 6.45) is 9.90. The second-order valence-corrected chi connectivity index (χ2v) is 8.36. The molecule has 0 aromatic carbocycles. The Morgan fingerprint density at radius 3 is 2.78 bits per heavy atom. The van der Waals surface area contributed by atoms with Crippen molar-refractivity contribution in [3.05, 3.63) is 0 Å². The van der Waals surface area contributed by atoms with Crippen LogP contribution in [0.2, 0.25) is 0 Å². The number of nitrogens with one attached hydrogen (secondary N) is 1. The number of hydrogen-bond donors (Lipinski definition) is 1. The average Bonchev–Trinajstić information content (AvgIpc) is 2.88. The van der Waals surface area contributed by atoms with Gasteiger partial charge in [-0.2, -0.15) is 11.8 Å². The molecular weight excluding hydrogens is 260 g/mol. The topological polar surface area (TPSA) is 24.4 Å². The van der Waals surface area contributed by atoms with Crippen molar-refractivity contribution in [2.75, 3.05) is 24.6 Å². The highest BCUT2D eigenvalue weighted by molar-refractivity contribution is 8.13. The molecule has 1 spiro atoms. The molecule has 0 aromatic heterocycles. The van der Waals surface area contributed by atoms with E-state index in [2.05, 4.69) is 17.1 Å². The summed E-state index contributed by atoms with van der Waals surface area (Å²) in [5, 5.41) is 5.63. The molecule has 2 fully saturated rings. The Kier molecular flexibility index (Phi) is 4.45. The van der Waals surface area contributed by atoms with Gasteiger partial charge in [-0.1, -0.05) is 31.0 Å². The van der Waals surface area contributed by atoms with Crippen molar-refractivity contribution >= 4 is 28.7 Å². The van der Waals surface area contributed by atoms with Crippen LogP contribution in [0.5, 0.6) is 0 Å². The Labute approximate surface area is 119 Å². The van der Waals surface area contributed by atoms with Crippen LogP contribution in [0.4, 0.5) is 0 Å². The highest BCUT2D eigenvalue weighted by atomic mass is 32.2. The maximum absolute atomic E-state index is 4.81. The van der Waals surface area contributed by atoms with E-state index in [1.165, 1.54) is 61.6 Å². The van der Waals surface area contributed by atoms with Crippen LogP contribution < -0.4 is 5.32 Å². The van der Waals surface area contributed by atoms with Crippen molar-refractivity contribution in [1.82, 2.24) is 5.32 Å². The van der Waals surface area contributed by atoms with E-state index in [1.807, 2.05) is 11.8 Å². The highest BCUT2D eigenvalue weighted by Gasteiger charge is 2.36. The number of thioether (sulfide) groups is 2. The van der Waals surface area contributed by atoms with Crippen LogP contribution in [0.25, 0.3) is 0 Å². The van der Waals surface area contributed by atoms with Gasteiger partial charge in [0.2, 0.25) is 0 Å². The monoisotopic (exact) mass is 284 g/mol. The Morgan fingerprint density at radius 1 is 1.22 bits per heavy atom. The van der Waals surface area contributed by atoms with Crippen LogP contribution in [0.3, 0.4) is 0 Å². The third-order valence-corrected chi connectivity index (χ3v) is 7.19. The molecule has 102 valence electrons. The molecule has 3 aliphatic rings. The molecule has 1 saturated carbocycles. The van der Waals surface area contributed by atoms with Gasteiger partial charge in [0.15, 0.2) is 5.17 Å². The van der Waals surface area contributed by atoms with Crippen molar-refractivity contribution < 1.29 is 0 Å². The van der Waals surface area contributed by atoms with E-state index in [4.69, 9.17) is 4.99 Å². The molecule has 1 unspecified atom stereocenters. The molecule has 18 heavy (non-hydrogen) atoms. The van der Waals surface area contributed by atoms with Gasteiger partial charge < -0.3 is 5.32 Å². The molecule has 1 atom stereocenters. The summed E-state index contributed by atoms with van der Waals surface area (Å²) >= 11 is 4.12. The molecule has 4 heteroatoms. The first-order valence-electron chi connectivity index (χ1n) is 7.39. The van der Waals surface area contributed by atoms with Gasteiger partial charge in [-0.05, 0) is 36.9 Å². The minimum atomic E-state index is 0.579. The lowest BCUT2D eigenvalue weighted by Crippen LogP contribution is -2.36. The first kappa shape index (κ1) is 13.2. The van der Waals surface area contributed by atoms with E-state index in [0.29, 0.717) is 5.41 Å². The van der Waals surface area contributed by atoms with Crippen LogP contribution >= 0.6 is 23.5 Å². The van der Waals surface area contributed by atoms with E-state index in [9.17, 15) is 0 Å². The van der Waals surface area contributed by atoms with Crippen LogP contribution in [0.1, 0.15) is 44.9 Å². The summed E-state index contributed by atoms with van der Waals surface area (Å²) in [5.41, 5.74) is 0.579. The third-order valence-electron chi connectivity index (χ3n) is 4.49. The molecule has 3 rings (SSSR count). The van der Waals surface area contributed by atoms with Gasteiger partial charge in [0, 0.05) is 24.1 Å². The average molecular weight is 284 g/mol. The maximum atomic E-state index is 4.81. The summed E-state index contributed by atoms with van der Waals surface area (Å²) in [6.45, 7) is 2.21. The Morgan fingerprint density at radius 2 is 2.11 bits per heavy atom. The standard InChI is InChI=1S/C14H24N2S2/c1-4-8-17-12(5-1)9-15-13-16-10-14(11-18-13)6-2-3-7-14/h12H,1-11H2,(H,15,16). The fraction of sp³-hybridized carbons (Fsp3) is 0.929. The van der Waals surface area contributed by atoms with Crippen molar-refractivity contribution in [2.45, 2.75) is 50.2 Å². The molecule has 0 amide bonds. The summed E-state index contributed by atoms with van der Waals surface area (Å²) in [5.74, 6) is 2.66. The molecule has 0 radical (unpaired) electrons. The highest BCUT2D eigenvalue weighted by Crippen LogP contribution is 2.43. The van der Waals surface area contributed by atoms with Crippen LogP contribution in [-0.2, 0) is 0 Å². The van der Waals surface area contributed by atoms with Crippen LogP contribution in [0.15, 0.2) is 4.99 Å². The van der Waals surface area contributed by atoms with E-state index in [-0.39, 0.29) is 0 Å². The SMILES string of the molecule is C1CCC(CNC2=NCC3(CCCC3)CS2)SC1. The van der Waals surface area contributed by atoms with Gasteiger partial charge in [-0.25, -0.2) is 0 Å². The van der Waals surface area contributed by atoms with Gasteiger partial charge in [0.25, 0.3) is 0 Å². The van der Waals surface area contributed by atoms with Gasteiger partial charge in [-0.3, -0.25) is 4.99 Å². The van der Waals surface area contributed by atoms with Crippen LogP contribution in [-0.4, -0.2) is 35.0 Å². The zero-order chi connectivity index (χ0) is 12.3. The fourth-order valence-corrected chi connectivity index (χ4v) is 5.66. The lowest BCUT2D eigenvalue weighted by molar-refractivity contribution is 0.358. The molecular formula is C14H24N2S2. The maximum Gasteiger partial charge on any atom is 0.156 e. The Hall–Kier alpha value is 0.170. The summed E-state index contributed by atoms with van der Waals surface area (Å²) in [6, 6.07) is 0. The van der Waals surface area contributed by atoms with Gasteiger partial charge in [0.05, 0.1) is 0 Å². The molecule has 2 heterocycles. The minimum absolute atomic E-state index is 0.579. The molecule has 1 N–H and O–H groups in total. The van der Waals surface area contributed by atoms with Gasteiger partial charge in [-0.15, -0.1) is 0 Å². The zero-order valence-electron chi connectivity index (χ0n) is 11.1. The van der Waals surface area contributed by atoms with Gasteiger partial charge >= 0.3 is 0 Å². The normalized spacial score (nSPS) is 31.3. The zero-order valence-corrected chi connectivity index (χ0v) is 12.8. The van der Waals surface area contributed by atoms with E-state index in [1.54, 1.807) is 0 Å². The second-order valence-electron chi connectivity index (χ2n) is 5.99. The van der Waals surface area contributed by atoms with E-state index < -0.39 is 0 Å². The fourth-order valence-electron chi connectivity index (χ4n) is 3.26. The largest absolute Gasteiger partial charge is 0.364 e. The Bertz CT molecular complexity index is 305. The van der Waals surface area contributed by atoms with Crippen molar-refractivity contribution in [3.8, 4) is 0 Å². The quantitative estimate of drug-likeness (QED) is 0.839. The number of hydrogen-bond acceptors (Lipinski definition) is 4. The van der Waals surface area contributed by atoms with E-state index >= 15 is 0 Å². The first-order valence-corrected chi connectivity index (χ1v) is 9.43. The van der Waals surface area contributed by atoms with Gasteiger partial charge in [0.1, 0.15) is 0 Å². The predicted octanol–water partition coefficient (Wildman–Crippen LogP) is 3.52. The first-order chi connectivity index (χ1) is 8.86. The molecule has 2 aliphatic heterocycles. The number of aliphatic imine (C=N–C) groups is 1. The number of amidine groups is 1. The number of rotatable bonds is 2. The van der Waals surface area contributed by atoms with Crippen molar-refractivity contribution in [2.24, 2.45) is 10.4 Å².